The molecule has 0 bridgehead atoms. The molecule has 0 saturated heterocycles. The SMILES string of the molecule is Cc1ccc2c(c1)[nH]c(=O)n2C(C)(C)CN. The highest BCUT2D eigenvalue weighted by Crippen LogP contribution is 2.19. The summed E-state index contributed by atoms with van der Waals surface area (Å²) in [6.45, 7) is 6.35. The van der Waals surface area contributed by atoms with Crippen molar-refractivity contribution >= 4 is 11.0 Å². The van der Waals surface area contributed by atoms with Crippen LogP contribution < -0.4 is 11.4 Å². The third-order valence-electron chi connectivity index (χ3n) is 2.94. The van der Waals surface area contributed by atoms with E-state index in [-0.39, 0.29) is 11.2 Å². The van der Waals surface area contributed by atoms with Crippen molar-refractivity contribution in [2.45, 2.75) is 26.3 Å². The van der Waals surface area contributed by atoms with Crippen LogP contribution in [-0.2, 0) is 5.54 Å². The van der Waals surface area contributed by atoms with Gasteiger partial charge in [-0.1, -0.05) is 6.07 Å². The van der Waals surface area contributed by atoms with Crippen molar-refractivity contribution in [1.29, 1.82) is 0 Å². The van der Waals surface area contributed by atoms with Gasteiger partial charge in [0.25, 0.3) is 0 Å². The first kappa shape index (κ1) is 11.0. The monoisotopic (exact) mass is 219 g/mol. The maximum atomic E-state index is 11.9. The molecule has 0 unspecified atom stereocenters. The van der Waals surface area contributed by atoms with E-state index < -0.39 is 0 Å². The summed E-state index contributed by atoms with van der Waals surface area (Å²) in [4.78, 5) is 14.8. The lowest BCUT2D eigenvalue weighted by Crippen LogP contribution is -2.40. The van der Waals surface area contributed by atoms with Crippen molar-refractivity contribution in [1.82, 2.24) is 9.55 Å². The Morgan fingerprint density at radius 3 is 2.75 bits per heavy atom. The fourth-order valence-electron chi connectivity index (χ4n) is 1.92. The lowest BCUT2D eigenvalue weighted by Gasteiger charge is -2.24. The minimum atomic E-state index is -0.370. The number of hydrogen-bond donors (Lipinski definition) is 2. The van der Waals surface area contributed by atoms with Gasteiger partial charge in [0.15, 0.2) is 0 Å². The molecule has 86 valence electrons. The summed E-state index contributed by atoms with van der Waals surface area (Å²) in [7, 11) is 0. The molecule has 0 aliphatic heterocycles. The average Bonchev–Trinajstić information content (AvgIpc) is 2.53. The molecule has 1 heterocycles. The molecule has 0 aliphatic carbocycles. The number of fused-ring (bicyclic) bond motifs is 1. The second-order valence-corrected chi connectivity index (χ2v) is 4.80. The van der Waals surface area contributed by atoms with Crippen LogP contribution in [0.15, 0.2) is 23.0 Å². The molecular weight excluding hydrogens is 202 g/mol. The van der Waals surface area contributed by atoms with E-state index in [0.29, 0.717) is 6.54 Å². The summed E-state index contributed by atoms with van der Waals surface area (Å²) in [5.41, 5.74) is 8.15. The molecule has 0 fully saturated rings. The summed E-state index contributed by atoms with van der Waals surface area (Å²) in [6, 6.07) is 5.93. The lowest BCUT2D eigenvalue weighted by molar-refractivity contribution is 0.367. The highest BCUT2D eigenvalue weighted by atomic mass is 16.1. The minimum absolute atomic E-state index is 0.101. The van der Waals surface area contributed by atoms with Gasteiger partial charge in [0.1, 0.15) is 0 Å². The van der Waals surface area contributed by atoms with Crippen LogP contribution in [0.5, 0.6) is 0 Å². The Labute approximate surface area is 94.1 Å². The van der Waals surface area contributed by atoms with Crippen molar-refractivity contribution in [3.8, 4) is 0 Å². The molecule has 4 nitrogen and oxygen atoms in total. The quantitative estimate of drug-likeness (QED) is 0.800. The molecule has 2 aromatic rings. The van der Waals surface area contributed by atoms with E-state index in [4.69, 9.17) is 5.73 Å². The molecule has 3 N–H and O–H groups in total. The van der Waals surface area contributed by atoms with Gasteiger partial charge < -0.3 is 10.7 Å². The number of nitrogens with one attached hydrogen (secondary N) is 1. The molecule has 2 rings (SSSR count). The van der Waals surface area contributed by atoms with Crippen LogP contribution in [0.2, 0.25) is 0 Å². The molecule has 0 radical (unpaired) electrons. The molecule has 1 aromatic carbocycles. The second-order valence-electron chi connectivity index (χ2n) is 4.80. The summed E-state index contributed by atoms with van der Waals surface area (Å²) in [6.07, 6.45) is 0. The van der Waals surface area contributed by atoms with Gasteiger partial charge in [-0.25, -0.2) is 4.79 Å². The zero-order chi connectivity index (χ0) is 11.9. The first-order valence-electron chi connectivity index (χ1n) is 5.37. The number of benzene rings is 1. The predicted octanol–water partition coefficient (Wildman–Crippen LogP) is 1.33. The van der Waals surface area contributed by atoms with Crippen LogP contribution in [0.4, 0.5) is 0 Å². The van der Waals surface area contributed by atoms with Crippen LogP contribution >= 0.6 is 0 Å². The van der Waals surface area contributed by atoms with Gasteiger partial charge in [-0.05, 0) is 38.5 Å². The summed E-state index contributed by atoms with van der Waals surface area (Å²) in [5, 5.41) is 0. The lowest BCUT2D eigenvalue weighted by atomic mass is 10.1. The molecule has 0 aliphatic rings. The third-order valence-corrected chi connectivity index (χ3v) is 2.94. The fourth-order valence-corrected chi connectivity index (χ4v) is 1.92. The fraction of sp³-hybridized carbons (Fsp3) is 0.417. The Kier molecular flexibility index (Phi) is 2.39. The van der Waals surface area contributed by atoms with Gasteiger partial charge in [-0.2, -0.15) is 0 Å². The standard InChI is InChI=1S/C12H17N3O/c1-8-4-5-10-9(6-8)14-11(16)15(10)12(2,3)7-13/h4-6H,7,13H2,1-3H3,(H,14,16). The first-order chi connectivity index (χ1) is 7.45. The molecule has 4 heteroatoms. The third kappa shape index (κ3) is 1.55. The Morgan fingerprint density at radius 2 is 2.12 bits per heavy atom. The number of aromatic amines is 1. The van der Waals surface area contributed by atoms with Crippen molar-refractivity contribution in [3.63, 3.8) is 0 Å². The zero-order valence-electron chi connectivity index (χ0n) is 9.87. The Hall–Kier alpha value is -1.55. The number of nitrogens with two attached hydrogens (primary N) is 1. The number of aryl methyl sites for hydroxylation is 1. The van der Waals surface area contributed by atoms with Crippen molar-refractivity contribution < 1.29 is 0 Å². The maximum absolute atomic E-state index is 11.9. The van der Waals surface area contributed by atoms with Gasteiger partial charge >= 0.3 is 5.69 Å². The van der Waals surface area contributed by atoms with Gasteiger partial charge in [-0.3, -0.25) is 4.57 Å². The first-order valence-corrected chi connectivity index (χ1v) is 5.37. The van der Waals surface area contributed by atoms with Crippen LogP contribution in [-0.4, -0.2) is 16.1 Å². The summed E-state index contributed by atoms with van der Waals surface area (Å²) >= 11 is 0. The number of nitrogens with zero attached hydrogens (tertiary/aromatic N) is 1. The molecule has 1 aromatic heterocycles. The van der Waals surface area contributed by atoms with Crippen molar-refractivity contribution in [2.75, 3.05) is 6.54 Å². The Bertz CT molecular complexity index is 577. The van der Waals surface area contributed by atoms with Crippen molar-refractivity contribution in [2.24, 2.45) is 5.73 Å². The van der Waals surface area contributed by atoms with Crippen LogP contribution in [0.25, 0.3) is 11.0 Å². The van der Waals surface area contributed by atoms with E-state index in [1.54, 1.807) is 4.57 Å². The Balaban J connectivity index is 2.80. The number of rotatable bonds is 2. The number of aromatic nitrogens is 2. The molecule has 16 heavy (non-hydrogen) atoms. The van der Waals surface area contributed by atoms with E-state index in [0.717, 1.165) is 16.6 Å². The van der Waals surface area contributed by atoms with E-state index in [2.05, 4.69) is 4.98 Å². The van der Waals surface area contributed by atoms with Crippen LogP contribution in [0, 0.1) is 6.92 Å². The molecule has 0 amide bonds. The molecular formula is C12H17N3O. The summed E-state index contributed by atoms with van der Waals surface area (Å²) < 4.78 is 1.72. The highest BCUT2D eigenvalue weighted by Gasteiger charge is 2.22. The Morgan fingerprint density at radius 1 is 1.44 bits per heavy atom. The smallest absolute Gasteiger partial charge is 0.327 e. The van der Waals surface area contributed by atoms with E-state index >= 15 is 0 Å². The van der Waals surface area contributed by atoms with Gasteiger partial charge in [-0.15, -0.1) is 0 Å². The van der Waals surface area contributed by atoms with E-state index in [1.807, 2.05) is 39.0 Å². The average molecular weight is 219 g/mol. The zero-order valence-corrected chi connectivity index (χ0v) is 9.87. The molecule has 0 atom stereocenters. The van der Waals surface area contributed by atoms with Crippen molar-refractivity contribution in [3.05, 3.63) is 34.2 Å². The van der Waals surface area contributed by atoms with Gasteiger partial charge in [0, 0.05) is 6.54 Å². The molecule has 0 saturated carbocycles. The highest BCUT2D eigenvalue weighted by molar-refractivity contribution is 5.76. The van der Waals surface area contributed by atoms with E-state index in [1.165, 1.54) is 0 Å². The number of hydrogen-bond acceptors (Lipinski definition) is 2. The number of H-pyrrole nitrogens is 1. The molecule has 0 spiro atoms. The van der Waals surface area contributed by atoms with Crippen LogP contribution in [0.3, 0.4) is 0 Å². The summed E-state index contributed by atoms with van der Waals surface area (Å²) in [5.74, 6) is 0. The van der Waals surface area contributed by atoms with Gasteiger partial charge in [0.05, 0.1) is 16.6 Å². The van der Waals surface area contributed by atoms with Crippen LogP contribution in [0.1, 0.15) is 19.4 Å². The topological polar surface area (TPSA) is 63.8 Å². The number of imidazole rings is 1. The minimum Gasteiger partial charge on any atom is -0.328 e. The maximum Gasteiger partial charge on any atom is 0.327 e. The van der Waals surface area contributed by atoms with Gasteiger partial charge in [0.2, 0.25) is 0 Å². The predicted molar refractivity (Wildman–Crippen MR) is 65.7 cm³/mol. The largest absolute Gasteiger partial charge is 0.328 e. The second kappa shape index (κ2) is 3.49. The van der Waals surface area contributed by atoms with E-state index in [9.17, 15) is 4.79 Å². The normalized spacial score (nSPS) is 12.2.